The topological polar surface area (TPSA) is 86.5 Å². The number of thioether (sulfide) groups is 1. The number of nitriles is 1. The number of piperazine rings is 1. The monoisotopic (exact) mass is 484 g/mol. The zero-order valence-electron chi connectivity index (χ0n) is 17.0. The number of thiophene rings is 1. The van der Waals surface area contributed by atoms with E-state index in [4.69, 9.17) is 4.74 Å². The van der Waals surface area contributed by atoms with E-state index in [2.05, 4.69) is 4.98 Å². The molecule has 0 unspecified atom stereocenters. The molecule has 0 aliphatic carbocycles. The van der Waals surface area contributed by atoms with Gasteiger partial charge in [0.15, 0.2) is 0 Å². The average molecular weight is 485 g/mol. The number of hydrogen-bond donors (Lipinski definition) is 0. The van der Waals surface area contributed by atoms with Crippen LogP contribution in [0.3, 0.4) is 0 Å². The Morgan fingerprint density at radius 3 is 2.53 bits per heavy atom. The first kappa shape index (κ1) is 23.9. The normalized spacial score (nSPS) is 14.2. The Bertz CT molecular complexity index is 1010. The van der Waals surface area contributed by atoms with Gasteiger partial charge in [0.05, 0.1) is 34.1 Å². The number of nitrogens with zero attached hydrogens (tertiary/aromatic N) is 4. The fourth-order valence-electron chi connectivity index (χ4n) is 3.08. The van der Waals surface area contributed by atoms with Crippen molar-refractivity contribution in [2.24, 2.45) is 0 Å². The molecular formula is C20H19F3N4O3S2. The van der Waals surface area contributed by atoms with E-state index < -0.39 is 23.4 Å². The summed E-state index contributed by atoms with van der Waals surface area (Å²) in [6.45, 7) is 3.16. The predicted molar refractivity (Wildman–Crippen MR) is 113 cm³/mol. The number of halogens is 3. The Hall–Kier alpha value is -2.78. The third-order valence-electron chi connectivity index (χ3n) is 4.67. The van der Waals surface area contributed by atoms with Crippen molar-refractivity contribution < 1.29 is 27.5 Å². The van der Waals surface area contributed by atoms with Crippen LogP contribution in [0.25, 0.3) is 10.6 Å². The van der Waals surface area contributed by atoms with Gasteiger partial charge in [-0.05, 0) is 24.4 Å². The third-order valence-corrected chi connectivity index (χ3v) is 6.52. The number of rotatable bonds is 5. The van der Waals surface area contributed by atoms with Gasteiger partial charge in [-0.25, -0.2) is 9.78 Å². The summed E-state index contributed by atoms with van der Waals surface area (Å²) in [5, 5.41) is 11.0. The SMILES string of the molecule is CCOC(=O)N1CCN(C(=O)CSc2nc(-c3cccs3)cc(C(F)(F)F)c2C#N)CC1. The minimum atomic E-state index is -4.73. The fourth-order valence-corrected chi connectivity index (χ4v) is 4.67. The molecule has 1 aliphatic heterocycles. The van der Waals surface area contributed by atoms with Gasteiger partial charge < -0.3 is 14.5 Å². The van der Waals surface area contributed by atoms with Crippen molar-refractivity contribution in [2.45, 2.75) is 18.1 Å². The molecule has 170 valence electrons. The third kappa shape index (κ3) is 5.52. The summed E-state index contributed by atoms with van der Waals surface area (Å²) >= 11 is 2.04. The van der Waals surface area contributed by atoms with Crippen LogP contribution in [0, 0.1) is 11.3 Å². The molecule has 2 aromatic rings. The highest BCUT2D eigenvalue weighted by Crippen LogP contribution is 2.38. The Morgan fingerprint density at radius 1 is 1.28 bits per heavy atom. The number of amides is 2. The lowest BCUT2D eigenvalue weighted by atomic mass is 10.1. The second-order valence-corrected chi connectivity index (χ2v) is 8.59. The van der Waals surface area contributed by atoms with Gasteiger partial charge in [-0.1, -0.05) is 17.8 Å². The van der Waals surface area contributed by atoms with E-state index in [9.17, 15) is 28.0 Å². The summed E-state index contributed by atoms with van der Waals surface area (Å²) < 4.78 is 45.7. The van der Waals surface area contributed by atoms with Crippen molar-refractivity contribution in [2.75, 3.05) is 38.5 Å². The standard InChI is InChI=1S/C20H19F3N4O3S2/c1-2-30-19(29)27-7-5-26(6-8-27)17(28)12-32-18-13(11-24)14(20(21,22)23)10-15(25-18)16-4-3-9-31-16/h3-4,9-10H,2,5-8,12H2,1H3. The predicted octanol–water partition coefficient (Wildman–Crippen LogP) is 4.09. The zero-order valence-corrected chi connectivity index (χ0v) is 18.6. The van der Waals surface area contributed by atoms with Crippen molar-refractivity contribution >= 4 is 35.1 Å². The molecule has 7 nitrogen and oxygen atoms in total. The van der Waals surface area contributed by atoms with Gasteiger partial charge in [0.25, 0.3) is 0 Å². The van der Waals surface area contributed by atoms with Crippen LogP contribution >= 0.6 is 23.1 Å². The van der Waals surface area contributed by atoms with Gasteiger partial charge >= 0.3 is 12.3 Å². The van der Waals surface area contributed by atoms with Gasteiger partial charge in [-0.2, -0.15) is 18.4 Å². The van der Waals surface area contributed by atoms with E-state index in [0.717, 1.165) is 17.8 Å². The van der Waals surface area contributed by atoms with Crippen molar-refractivity contribution in [3.63, 3.8) is 0 Å². The maximum atomic E-state index is 13.6. The molecule has 0 N–H and O–H groups in total. The van der Waals surface area contributed by atoms with E-state index in [1.54, 1.807) is 30.5 Å². The van der Waals surface area contributed by atoms with Gasteiger partial charge in [0.2, 0.25) is 5.91 Å². The minimum Gasteiger partial charge on any atom is -0.450 e. The molecule has 3 rings (SSSR count). The summed E-state index contributed by atoms with van der Waals surface area (Å²) in [6, 6.07) is 5.79. The molecule has 0 spiro atoms. The van der Waals surface area contributed by atoms with Crippen LogP contribution in [0.1, 0.15) is 18.1 Å². The maximum absolute atomic E-state index is 13.6. The molecule has 2 amide bonds. The molecule has 1 fully saturated rings. The smallest absolute Gasteiger partial charge is 0.417 e. The molecule has 32 heavy (non-hydrogen) atoms. The number of aromatic nitrogens is 1. The lowest BCUT2D eigenvalue weighted by Crippen LogP contribution is -2.51. The molecule has 0 aromatic carbocycles. The number of hydrogen-bond acceptors (Lipinski definition) is 7. The lowest BCUT2D eigenvalue weighted by molar-refractivity contribution is -0.138. The quantitative estimate of drug-likeness (QED) is 0.594. The molecule has 3 heterocycles. The zero-order chi connectivity index (χ0) is 23.3. The van der Waals surface area contributed by atoms with Crippen LogP contribution in [0.5, 0.6) is 0 Å². The Morgan fingerprint density at radius 2 is 1.97 bits per heavy atom. The van der Waals surface area contributed by atoms with Crippen LogP contribution in [0.15, 0.2) is 28.6 Å². The molecular weight excluding hydrogens is 465 g/mol. The summed E-state index contributed by atoms with van der Waals surface area (Å²) in [7, 11) is 0. The minimum absolute atomic E-state index is 0.101. The van der Waals surface area contributed by atoms with Crippen molar-refractivity contribution in [1.29, 1.82) is 5.26 Å². The fraction of sp³-hybridized carbons (Fsp3) is 0.400. The number of carbonyl (C=O) groups is 2. The first-order valence-electron chi connectivity index (χ1n) is 9.63. The summed E-state index contributed by atoms with van der Waals surface area (Å²) in [4.78, 5) is 32.2. The van der Waals surface area contributed by atoms with Crippen LogP contribution in [0.4, 0.5) is 18.0 Å². The van der Waals surface area contributed by atoms with Crippen LogP contribution in [-0.2, 0) is 15.7 Å². The Labute approximate surface area is 190 Å². The molecule has 1 aliphatic rings. The first-order valence-corrected chi connectivity index (χ1v) is 11.5. The van der Waals surface area contributed by atoms with E-state index >= 15 is 0 Å². The summed E-state index contributed by atoms with van der Waals surface area (Å²) in [5.74, 6) is -0.481. The largest absolute Gasteiger partial charge is 0.450 e. The Balaban J connectivity index is 1.74. The molecule has 1 saturated heterocycles. The maximum Gasteiger partial charge on any atom is 0.417 e. The van der Waals surface area contributed by atoms with Gasteiger partial charge in [-0.3, -0.25) is 4.79 Å². The Kier molecular flexibility index (Phi) is 7.63. The highest BCUT2D eigenvalue weighted by molar-refractivity contribution is 8.00. The molecule has 0 bridgehead atoms. The van der Waals surface area contributed by atoms with Crippen molar-refractivity contribution in [1.82, 2.24) is 14.8 Å². The van der Waals surface area contributed by atoms with Crippen LogP contribution in [0.2, 0.25) is 0 Å². The van der Waals surface area contributed by atoms with Crippen LogP contribution < -0.4 is 0 Å². The highest BCUT2D eigenvalue weighted by Gasteiger charge is 2.36. The van der Waals surface area contributed by atoms with Crippen LogP contribution in [-0.4, -0.2) is 65.3 Å². The van der Waals surface area contributed by atoms with E-state index in [-0.39, 0.29) is 29.0 Å². The van der Waals surface area contributed by atoms with Gasteiger partial charge in [0, 0.05) is 26.2 Å². The number of alkyl halides is 3. The first-order chi connectivity index (χ1) is 15.2. The number of pyridine rings is 1. The average Bonchev–Trinajstić information content (AvgIpc) is 3.31. The van der Waals surface area contributed by atoms with Crippen molar-refractivity contribution in [3.8, 4) is 16.6 Å². The summed E-state index contributed by atoms with van der Waals surface area (Å²) in [5.41, 5.74) is -1.57. The highest BCUT2D eigenvalue weighted by atomic mass is 32.2. The number of ether oxygens (including phenoxy) is 1. The van der Waals surface area contributed by atoms with E-state index in [1.807, 2.05) is 0 Å². The van der Waals surface area contributed by atoms with Gasteiger partial charge in [0.1, 0.15) is 11.1 Å². The molecule has 0 saturated carbocycles. The number of carbonyl (C=O) groups excluding carboxylic acids is 2. The molecule has 12 heteroatoms. The van der Waals surface area contributed by atoms with Gasteiger partial charge in [-0.15, -0.1) is 11.3 Å². The van der Waals surface area contributed by atoms with Crippen molar-refractivity contribution in [3.05, 3.63) is 34.7 Å². The lowest BCUT2D eigenvalue weighted by Gasteiger charge is -2.34. The molecule has 2 aromatic heterocycles. The summed E-state index contributed by atoms with van der Waals surface area (Å²) in [6.07, 6.45) is -5.18. The second-order valence-electron chi connectivity index (χ2n) is 6.68. The molecule has 0 radical (unpaired) electrons. The van der Waals surface area contributed by atoms with E-state index in [1.165, 1.54) is 21.1 Å². The van der Waals surface area contributed by atoms with E-state index in [0.29, 0.717) is 31.1 Å². The molecule has 0 atom stereocenters. The second kappa shape index (κ2) is 10.2.